The molecule has 0 unspecified atom stereocenters. The molecular formula is C8H15FO2. The summed E-state index contributed by atoms with van der Waals surface area (Å²) >= 11 is 0. The SMILES string of the molecule is [2H][C@@H](F)C(=O)OCCCCCC. The lowest BCUT2D eigenvalue weighted by atomic mass is 10.2. The first-order valence-corrected chi connectivity index (χ1v) is 3.91. The first-order valence-electron chi connectivity index (χ1n) is 4.49. The molecule has 0 saturated heterocycles. The van der Waals surface area contributed by atoms with Gasteiger partial charge in [-0.3, -0.25) is 0 Å². The van der Waals surface area contributed by atoms with E-state index in [0.717, 1.165) is 25.7 Å². The Bertz CT molecular complexity index is 128. The summed E-state index contributed by atoms with van der Waals surface area (Å²) in [4.78, 5) is 10.4. The van der Waals surface area contributed by atoms with E-state index < -0.39 is 12.6 Å². The maximum absolute atomic E-state index is 11.9. The molecule has 0 heterocycles. The predicted octanol–water partition coefficient (Wildman–Crippen LogP) is 2.08. The van der Waals surface area contributed by atoms with Crippen LogP contribution in [0.2, 0.25) is 0 Å². The zero-order valence-corrected chi connectivity index (χ0v) is 6.81. The van der Waals surface area contributed by atoms with Gasteiger partial charge in [0.2, 0.25) is 0 Å². The molecule has 0 saturated carbocycles. The standard InChI is InChI=1S/C8H15FO2/c1-2-3-4-5-6-11-8(10)7-9/h2-7H2,1H3/i7D/t7-/m1/s1. The van der Waals surface area contributed by atoms with E-state index in [-0.39, 0.29) is 6.61 Å². The van der Waals surface area contributed by atoms with E-state index in [9.17, 15) is 9.18 Å². The highest BCUT2D eigenvalue weighted by Crippen LogP contribution is 1.98. The Morgan fingerprint density at radius 1 is 1.55 bits per heavy atom. The van der Waals surface area contributed by atoms with Crippen LogP contribution in [-0.4, -0.2) is 19.2 Å². The van der Waals surface area contributed by atoms with Crippen LogP contribution in [0.3, 0.4) is 0 Å². The molecule has 0 aromatic carbocycles. The summed E-state index contributed by atoms with van der Waals surface area (Å²) < 4.78 is 22.7. The molecule has 0 bridgehead atoms. The molecule has 0 aromatic heterocycles. The summed E-state index contributed by atoms with van der Waals surface area (Å²) in [5.74, 6) is -1.08. The molecule has 2 nitrogen and oxygen atoms in total. The monoisotopic (exact) mass is 163 g/mol. The van der Waals surface area contributed by atoms with Gasteiger partial charge >= 0.3 is 5.97 Å². The van der Waals surface area contributed by atoms with Gasteiger partial charge in [0.15, 0.2) is 6.65 Å². The van der Waals surface area contributed by atoms with Crippen molar-refractivity contribution in [3.8, 4) is 0 Å². The average Bonchev–Trinajstić information content (AvgIpc) is 2.03. The Hall–Kier alpha value is -0.600. The summed E-state index contributed by atoms with van der Waals surface area (Å²) in [6, 6.07) is 0. The summed E-state index contributed by atoms with van der Waals surface area (Å²) in [7, 11) is 0. The van der Waals surface area contributed by atoms with Crippen molar-refractivity contribution in [3.05, 3.63) is 0 Å². The molecule has 1 atom stereocenters. The van der Waals surface area contributed by atoms with Crippen LogP contribution in [-0.2, 0) is 9.53 Å². The van der Waals surface area contributed by atoms with Crippen molar-refractivity contribution in [2.24, 2.45) is 0 Å². The van der Waals surface area contributed by atoms with Gasteiger partial charge in [-0.2, -0.15) is 0 Å². The second-order valence-corrected chi connectivity index (χ2v) is 2.34. The van der Waals surface area contributed by atoms with Gasteiger partial charge in [-0.15, -0.1) is 0 Å². The third-order valence-corrected chi connectivity index (χ3v) is 1.33. The summed E-state index contributed by atoms with van der Waals surface area (Å²) in [5.41, 5.74) is 0. The van der Waals surface area contributed by atoms with Crippen LogP contribution in [0, 0.1) is 0 Å². The number of ether oxygens (including phenoxy) is 1. The molecule has 0 aliphatic heterocycles. The number of alkyl halides is 1. The number of rotatable bonds is 6. The molecule has 0 radical (unpaired) electrons. The van der Waals surface area contributed by atoms with Crippen LogP contribution in [0.15, 0.2) is 0 Å². The second-order valence-electron chi connectivity index (χ2n) is 2.34. The Morgan fingerprint density at radius 2 is 2.27 bits per heavy atom. The van der Waals surface area contributed by atoms with Crippen LogP contribution >= 0.6 is 0 Å². The third kappa shape index (κ3) is 7.30. The van der Waals surface area contributed by atoms with E-state index in [2.05, 4.69) is 11.7 Å². The number of halogens is 1. The zero-order chi connectivity index (χ0) is 9.40. The molecule has 0 N–H and O–H groups in total. The Labute approximate surface area is 68.1 Å². The highest BCUT2D eigenvalue weighted by molar-refractivity contribution is 5.70. The topological polar surface area (TPSA) is 26.3 Å². The minimum Gasteiger partial charge on any atom is -0.464 e. The van der Waals surface area contributed by atoms with Gasteiger partial charge in [-0.1, -0.05) is 26.2 Å². The van der Waals surface area contributed by atoms with Gasteiger partial charge in [-0.25, -0.2) is 9.18 Å². The fourth-order valence-corrected chi connectivity index (χ4v) is 0.733. The van der Waals surface area contributed by atoms with Crippen molar-refractivity contribution in [1.82, 2.24) is 0 Å². The molecule has 0 amide bonds. The first kappa shape index (κ1) is 8.50. The van der Waals surface area contributed by atoms with Crippen molar-refractivity contribution in [1.29, 1.82) is 0 Å². The molecule has 66 valence electrons. The number of carbonyl (C=O) groups is 1. The van der Waals surface area contributed by atoms with Gasteiger partial charge in [-0.05, 0) is 6.42 Å². The van der Waals surface area contributed by atoms with Gasteiger partial charge < -0.3 is 4.74 Å². The van der Waals surface area contributed by atoms with Crippen molar-refractivity contribution in [2.45, 2.75) is 32.6 Å². The Morgan fingerprint density at radius 3 is 2.82 bits per heavy atom. The first-order chi connectivity index (χ1) is 5.68. The molecule has 3 heteroatoms. The number of esters is 1. The lowest BCUT2D eigenvalue weighted by molar-refractivity contribution is -0.144. The van der Waals surface area contributed by atoms with E-state index in [1.165, 1.54) is 0 Å². The van der Waals surface area contributed by atoms with Gasteiger partial charge in [0.1, 0.15) is 0 Å². The van der Waals surface area contributed by atoms with Crippen molar-refractivity contribution in [2.75, 3.05) is 13.3 Å². The van der Waals surface area contributed by atoms with Crippen LogP contribution < -0.4 is 0 Å². The normalized spacial score (nSPS) is 13.8. The molecule has 0 aliphatic carbocycles. The van der Waals surface area contributed by atoms with E-state index in [4.69, 9.17) is 1.37 Å². The fraction of sp³-hybridized carbons (Fsp3) is 0.875. The van der Waals surface area contributed by atoms with Crippen LogP contribution in [0.25, 0.3) is 0 Å². The molecule has 0 aromatic rings. The molecular weight excluding hydrogens is 147 g/mol. The smallest absolute Gasteiger partial charge is 0.337 e. The average molecular weight is 163 g/mol. The Balaban J connectivity index is 3.14. The maximum Gasteiger partial charge on any atom is 0.337 e. The highest BCUT2D eigenvalue weighted by atomic mass is 19.1. The molecule has 0 spiro atoms. The highest BCUT2D eigenvalue weighted by Gasteiger charge is 1.98. The largest absolute Gasteiger partial charge is 0.464 e. The lowest BCUT2D eigenvalue weighted by Crippen LogP contribution is -2.07. The molecule has 11 heavy (non-hydrogen) atoms. The zero-order valence-electron chi connectivity index (χ0n) is 7.81. The summed E-state index contributed by atoms with van der Waals surface area (Å²) in [6.07, 6.45) is 3.95. The minimum absolute atomic E-state index is 0.234. The number of hydrogen-bond donors (Lipinski definition) is 0. The van der Waals surface area contributed by atoms with Gasteiger partial charge in [0.05, 0.1) is 7.98 Å². The van der Waals surface area contributed by atoms with Crippen LogP contribution in [0.1, 0.15) is 34.0 Å². The minimum atomic E-state index is -2.24. The van der Waals surface area contributed by atoms with Crippen LogP contribution in [0.5, 0.6) is 0 Å². The Kier molecular flexibility index (Phi) is 5.80. The van der Waals surface area contributed by atoms with E-state index in [0.29, 0.717) is 0 Å². The fourth-order valence-electron chi connectivity index (χ4n) is 0.733. The van der Waals surface area contributed by atoms with Crippen molar-refractivity contribution >= 4 is 5.97 Å². The quantitative estimate of drug-likeness (QED) is 0.442. The molecule has 0 rings (SSSR count). The van der Waals surface area contributed by atoms with E-state index in [1.807, 2.05) is 0 Å². The van der Waals surface area contributed by atoms with E-state index >= 15 is 0 Å². The number of unbranched alkanes of at least 4 members (excludes halogenated alkanes) is 3. The van der Waals surface area contributed by atoms with E-state index in [1.54, 1.807) is 0 Å². The van der Waals surface area contributed by atoms with Crippen LogP contribution in [0.4, 0.5) is 4.39 Å². The predicted molar refractivity (Wildman–Crippen MR) is 41.1 cm³/mol. The van der Waals surface area contributed by atoms with Gasteiger partial charge in [0.25, 0.3) is 0 Å². The summed E-state index contributed by atoms with van der Waals surface area (Å²) in [6.45, 7) is 0.0714. The second kappa shape index (κ2) is 7.51. The van der Waals surface area contributed by atoms with Gasteiger partial charge in [0, 0.05) is 0 Å². The number of carbonyl (C=O) groups excluding carboxylic acids is 1. The molecule has 0 fully saturated rings. The number of hydrogen-bond acceptors (Lipinski definition) is 2. The van der Waals surface area contributed by atoms with Crippen molar-refractivity contribution < 1.29 is 15.3 Å². The van der Waals surface area contributed by atoms with Crippen molar-refractivity contribution in [3.63, 3.8) is 0 Å². The third-order valence-electron chi connectivity index (χ3n) is 1.33. The summed E-state index contributed by atoms with van der Waals surface area (Å²) in [5, 5.41) is 0. The maximum atomic E-state index is 11.9. The lowest BCUT2D eigenvalue weighted by Gasteiger charge is -2.00. The molecule has 0 aliphatic rings.